The summed E-state index contributed by atoms with van der Waals surface area (Å²) in [6, 6.07) is 16.6. The van der Waals surface area contributed by atoms with Crippen LogP contribution in [0.4, 0.5) is 11.4 Å². The highest BCUT2D eigenvalue weighted by atomic mass is 35.5. The van der Waals surface area contributed by atoms with Gasteiger partial charge in [-0.1, -0.05) is 50.2 Å². The number of nitrogens with one attached hydrogen (secondary N) is 1. The van der Waals surface area contributed by atoms with Crippen LogP contribution >= 0.6 is 12.4 Å². The highest BCUT2D eigenvalue weighted by Gasteiger charge is 2.24. The van der Waals surface area contributed by atoms with Crippen LogP contribution in [0.15, 0.2) is 48.5 Å². The van der Waals surface area contributed by atoms with Gasteiger partial charge < -0.3 is 5.32 Å². The van der Waals surface area contributed by atoms with Crippen LogP contribution in [0.2, 0.25) is 0 Å². The van der Waals surface area contributed by atoms with Gasteiger partial charge in [-0.25, -0.2) is 0 Å². The van der Waals surface area contributed by atoms with E-state index in [4.69, 9.17) is 0 Å². The summed E-state index contributed by atoms with van der Waals surface area (Å²) in [6.45, 7) is 6.02. The Morgan fingerprint density at radius 2 is 1.52 bits per heavy atom. The molecule has 0 radical (unpaired) electrons. The molecule has 0 bridgehead atoms. The number of rotatable bonds is 5. The fourth-order valence-corrected chi connectivity index (χ4v) is 3.25. The van der Waals surface area contributed by atoms with Gasteiger partial charge in [0, 0.05) is 13.0 Å². The molecular formula is C21H27ClN2O. The molecule has 2 aromatic rings. The van der Waals surface area contributed by atoms with E-state index in [0.29, 0.717) is 12.3 Å². The normalized spacial score (nSPS) is 12.8. The number of amides is 1. The Morgan fingerprint density at radius 3 is 2.04 bits per heavy atom. The van der Waals surface area contributed by atoms with Crippen molar-refractivity contribution in [1.82, 2.24) is 5.32 Å². The van der Waals surface area contributed by atoms with Crippen LogP contribution in [0.25, 0.3) is 0 Å². The van der Waals surface area contributed by atoms with Gasteiger partial charge in [-0.3, -0.25) is 9.69 Å². The topological polar surface area (TPSA) is 32.3 Å². The predicted molar refractivity (Wildman–Crippen MR) is 107 cm³/mol. The number of hydrogen-bond acceptors (Lipinski definition) is 2. The number of fused-ring (bicyclic) bond motifs is 2. The summed E-state index contributed by atoms with van der Waals surface area (Å²) < 4.78 is 0. The highest BCUT2D eigenvalue weighted by molar-refractivity contribution is 6.02. The fraction of sp³-hybridized carbons (Fsp3) is 0.381. The van der Waals surface area contributed by atoms with Gasteiger partial charge in [-0.15, -0.1) is 12.4 Å². The zero-order valence-corrected chi connectivity index (χ0v) is 15.8. The molecule has 3 nitrogen and oxygen atoms in total. The van der Waals surface area contributed by atoms with E-state index >= 15 is 0 Å². The predicted octanol–water partition coefficient (Wildman–Crippen LogP) is 4.51. The van der Waals surface area contributed by atoms with E-state index in [0.717, 1.165) is 37.3 Å². The van der Waals surface area contributed by atoms with Crippen molar-refractivity contribution in [1.29, 1.82) is 0 Å². The lowest BCUT2D eigenvalue weighted by Crippen LogP contribution is -2.31. The van der Waals surface area contributed by atoms with Crippen molar-refractivity contribution in [3.05, 3.63) is 59.7 Å². The van der Waals surface area contributed by atoms with Crippen LogP contribution in [0.5, 0.6) is 0 Å². The van der Waals surface area contributed by atoms with E-state index in [-0.39, 0.29) is 18.3 Å². The Balaban J connectivity index is 0.00000225. The molecule has 1 N–H and O–H groups in total. The van der Waals surface area contributed by atoms with Crippen molar-refractivity contribution in [2.75, 3.05) is 18.0 Å². The molecule has 1 amide bonds. The number of aryl methyl sites for hydroxylation is 2. The van der Waals surface area contributed by atoms with Crippen LogP contribution in [0, 0.1) is 5.92 Å². The van der Waals surface area contributed by atoms with Crippen LogP contribution in [0.1, 0.15) is 31.4 Å². The first kappa shape index (κ1) is 19.5. The Kier molecular flexibility index (Phi) is 7.03. The largest absolute Gasteiger partial charge is 0.316 e. The van der Waals surface area contributed by atoms with Crippen molar-refractivity contribution in [2.24, 2.45) is 5.92 Å². The van der Waals surface area contributed by atoms with Crippen LogP contribution in [0.3, 0.4) is 0 Å². The van der Waals surface area contributed by atoms with Crippen molar-refractivity contribution < 1.29 is 4.79 Å². The zero-order chi connectivity index (χ0) is 16.9. The second-order valence-electron chi connectivity index (χ2n) is 6.83. The molecule has 25 heavy (non-hydrogen) atoms. The molecule has 0 aliphatic carbocycles. The number of carbonyl (C=O) groups is 1. The molecule has 2 aromatic carbocycles. The second-order valence-corrected chi connectivity index (χ2v) is 6.83. The number of para-hydroxylation sites is 2. The average molecular weight is 359 g/mol. The molecule has 134 valence electrons. The summed E-state index contributed by atoms with van der Waals surface area (Å²) in [6.07, 6.45) is 2.46. The van der Waals surface area contributed by atoms with Gasteiger partial charge in [0.15, 0.2) is 0 Å². The quantitative estimate of drug-likeness (QED) is 0.798. The maximum atomic E-state index is 13.0. The van der Waals surface area contributed by atoms with Crippen molar-refractivity contribution in [3.63, 3.8) is 0 Å². The molecular weight excluding hydrogens is 332 g/mol. The molecule has 1 aliphatic rings. The number of hydrogen-bond donors (Lipinski definition) is 1. The standard InChI is InChI=1S/C21H26N2O.ClH/c1-16(2)15-22-14-13-21(24)23-19-9-5-3-7-17(19)11-12-18-8-4-6-10-20(18)23;/h3-10,16,22H,11-15H2,1-2H3;1H. The lowest BCUT2D eigenvalue weighted by atomic mass is 10.0. The maximum Gasteiger partial charge on any atom is 0.232 e. The third kappa shape index (κ3) is 4.62. The summed E-state index contributed by atoms with van der Waals surface area (Å²) in [5, 5.41) is 3.37. The maximum absolute atomic E-state index is 13.0. The molecule has 1 heterocycles. The van der Waals surface area contributed by atoms with E-state index in [9.17, 15) is 4.79 Å². The Bertz CT molecular complexity index is 667. The first-order valence-electron chi connectivity index (χ1n) is 8.86. The van der Waals surface area contributed by atoms with Gasteiger partial charge in [0.25, 0.3) is 0 Å². The van der Waals surface area contributed by atoms with Crippen molar-refractivity contribution in [2.45, 2.75) is 33.1 Å². The molecule has 0 saturated heterocycles. The lowest BCUT2D eigenvalue weighted by molar-refractivity contribution is -0.117. The van der Waals surface area contributed by atoms with E-state index in [1.165, 1.54) is 11.1 Å². The van der Waals surface area contributed by atoms with Crippen molar-refractivity contribution >= 4 is 29.7 Å². The second kappa shape index (κ2) is 9.02. The number of halogens is 1. The molecule has 0 spiro atoms. The van der Waals surface area contributed by atoms with E-state index in [1.807, 2.05) is 17.0 Å². The summed E-state index contributed by atoms with van der Waals surface area (Å²) >= 11 is 0. The van der Waals surface area contributed by atoms with E-state index in [1.54, 1.807) is 0 Å². The van der Waals surface area contributed by atoms with Gasteiger partial charge in [0.2, 0.25) is 5.91 Å². The van der Waals surface area contributed by atoms with Gasteiger partial charge in [0.05, 0.1) is 11.4 Å². The molecule has 0 saturated carbocycles. The summed E-state index contributed by atoms with van der Waals surface area (Å²) in [5.41, 5.74) is 4.57. The number of nitrogens with zero attached hydrogens (tertiary/aromatic N) is 1. The number of benzene rings is 2. The van der Waals surface area contributed by atoms with Gasteiger partial charge in [0.1, 0.15) is 0 Å². The minimum atomic E-state index is 0. The smallest absolute Gasteiger partial charge is 0.232 e. The molecule has 0 fully saturated rings. The first-order chi connectivity index (χ1) is 11.7. The summed E-state index contributed by atoms with van der Waals surface area (Å²) in [5.74, 6) is 0.757. The SMILES string of the molecule is CC(C)CNCCC(=O)N1c2ccccc2CCc2ccccc21.Cl. The van der Waals surface area contributed by atoms with Crippen LogP contribution in [-0.4, -0.2) is 19.0 Å². The Labute approximate surface area is 156 Å². The molecule has 0 aromatic heterocycles. The first-order valence-corrected chi connectivity index (χ1v) is 8.86. The minimum Gasteiger partial charge on any atom is -0.316 e. The monoisotopic (exact) mass is 358 g/mol. The molecule has 3 rings (SSSR count). The highest BCUT2D eigenvalue weighted by Crippen LogP contribution is 2.36. The van der Waals surface area contributed by atoms with Gasteiger partial charge >= 0.3 is 0 Å². The molecule has 1 aliphatic heterocycles. The fourth-order valence-electron chi connectivity index (χ4n) is 3.25. The van der Waals surface area contributed by atoms with Crippen LogP contribution in [-0.2, 0) is 17.6 Å². The summed E-state index contributed by atoms with van der Waals surface area (Å²) in [4.78, 5) is 14.9. The van der Waals surface area contributed by atoms with E-state index in [2.05, 4.69) is 55.6 Å². The average Bonchev–Trinajstić information content (AvgIpc) is 2.75. The Hall–Kier alpha value is -1.84. The lowest BCUT2D eigenvalue weighted by Gasteiger charge is -2.25. The third-order valence-electron chi connectivity index (χ3n) is 4.45. The molecule has 0 atom stereocenters. The number of carbonyl (C=O) groups excluding carboxylic acids is 1. The third-order valence-corrected chi connectivity index (χ3v) is 4.45. The summed E-state index contributed by atoms with van der Waals surface area (Å²) in [7, 11) is 0. The van der Waals surface area contributed by atoms with Crippen LogP contribution < -0.4 is 10.2 Å². The van der Waals surface area contributed by atoms with Crippen molar-refractivity contribution in [3.8, 4) is 0 Å². The van der Waals surface area contributed by atoms with Gasteiger partial charge in [-0.2, -0.15) is 0 Å². The molecule has 4 heteroatoms. The molecule has 0 unspecified atom stereocenters. The zero-order valence-electron chi connectivity index (χ0n) is 15.0. The minimum absolute atomic E-state index is 0. The van der Waals surface area contributed by atoms with E-state index < -0.39 is 0 Å². The number of anilines is 2. The Morgan fingerprint density at radius 1 is 1.00 bits per heavy atom. The van der Waals surface area contributed by atoms with Gasteiger partial charge in [-0.05, 0) is 48.6 Å².